The van der Waals surface area contributed by atoms with E-state index in [9.17, 15) is 9.59 Å². The fourth-order valence-corrected chi connectivity index (χ4v) is 3.02. The minimum absolute atomic E-state index is 0.285. The molecule has 0 aliphatic heterocycles. The van der Waals surface area contributed by atoms with Crippen molar-refractivity contribution in [2.24, 2.45) is 0 Å². The van der Waals surface area contributed by atoms with Gasteiger partial charge in [0.1, 0.15) is 5.69 Å². The molecule has 0 atom stereocenters. The minimum atomic E-state index is -0.420. The number of esters is 1. The summed E-state index contributed by atoms with van der Waals surface area (Å²) in [6.07, 6.45) is 0. The summed E-state index contributed by atoms with van der Waals surface area (Å²) in [5, 5.41) is 3.27. The Kier molecular flexibility index (Phi) is 5.67. The summed E-state index contributed by atoms with van der Waals surface area (Å²) in [6.45, 7) is 8.11. The Morgan fingerprint density at radius 2 is 1.88 bits per heavy atom. The Labute approximate surface area is 146 Å². The van der Waals surface area contributed by atoms with Crippen LogP contribution >= 0.6 is 11.6 Å². The molecule has 0 spiro atoms. The largest absolute Gasteiger partial charge is 0.461 e. The van der Waals surface area contributed by atoms with Crippen LogP contribution in [0, 0.1) is 13.8 Å². The van der Waals surface area contributed by atoms with Crippen molar-refractivity contribution in [3.63, 3.8) is 0 Å². The third kappa shape index (κ3) is 3.31. The molecule has 128 valence electrons. The molecule has 0 saturated carbocycles. The number of ether oxygens (including phenoxy) is 1. The van der Waals surface area contributed by atoms with Gasteiger partial charge in [0, 0.05) is 12.2 Å². The number of aromatic nitrogens is 1. The Balaban J connectivity index is 2.45. The highest BCUT2D eigenvalue weighted by molar-refractivity contribution is 6.34. The molecular weight excluding hydrogens is 328 g/mol. The monoisotopic (exact) mass is 348 g/mol. The number of hydrogen-bond donors (Lipinski definition) is 1. The second-order valence-corrected chi connectivity index (χ2v) is 5.74. The number of amides is 1. The number of para-hydroxylation sites is 1. The molecule has 24 heavy (non-hydrogen) atoms. The molecule has 0 radical (unpaired) electrons. The molecule has 0 aliphatic carbocycles. The molecular formula is C18H21ClN2O3. The van der Waals surface area contributed by atoms with Crippen LogP contribution in [-0.2, 0) is 11.3 Å². The molecule has 1 aromatic carbocycles. The summed E-state index contributed by atoms with van der Waals surface area (Å²) < 4.78 is 6.92. The molecule has 0 saturated heterocycles. The Bertz CT molecular complexity index is 781. The van der Waals surface area contributed by atoms with E-state index in [0.717, 1.165) is 5.69 Å². The number of hydrogen-bond acceptors (Lipinski definition) is 3. The first-order valence-corrected chi connectivity index (χ1v) is 8.22. The second kappa shape index (κ2) is 7.53. The third-order valence-corrected chi connectivity index (χ3v) is 4.23. The number of rotatable bonds is 5. The maximum Gasteiger partial charge on any atom is 0.355 e. The van der Waals surface area contributed by atoms with Crippen LogP contribution in [0.1, 0.15) is 46.0 Å². The average Bonchev–Trinajstić information content (AvgIpc) is 2.80. The topological polar surface area (TPSA) is 60.3 Å². The van der Waals surface area contributed by atoms with Crippen LogP contribution in [0.3, 0.4) is 0 Å². The third-order valence-electron chi connectivity index (χ3n) is 3.90. The van der Waals surface area contributed by atoms with E-state index in [1.807, 2.05) is 13.8 Å². The van der Waals surface area contributed by atoms with Gasteiger partial charge in [0.25, 0.3) is 5.91 Å². The molecule has 2 rings (SSSR count). The lowest BCUT2D eigenvalue weighted by molar-refractivity contribution is 0.0512. The van der Waals surface area contributed by atoms with Crippen molar-refractivity contribution in [1.82, 2.24) is 4.57 Å². The summed E-state index contributed by atoms with van der Waals surface area (Å²) in [5.41, 5.74) is 2.76. The highest BCUT2D eigenvalue weighted by Gasteiger charge is 2.26. The molecule has 0 fully saturated rings. The van der Waals surface area contributed by atoms with Crippen molar-refractivity contribution < 1.29 is 14.3 Å². The van der Waals surface area contributed by atoms with Crippen LogP contribution in [0.2, 0.25) is 5.02 Å². The van der Waals surface area contributed by atoms with E-state index in [4.69, 9.17) is 16.3 Å². The zero-order valence-electron chi connectivity index (χ0n) is 14.3. The fraction of sp³-hybridized carbons (Fsp3) is 0.333. The van der Waals surface area contributed by atoms with E-state index in [2.05, 4.69) is 5.32 Å². The second-order valence-electron chi connectivity index (χ2n) is 5.33. The number of halogens is 1. The highest BCUT2D eigenvalue weighted by Crippen LogP contribution is 2.26. The van der Waals surface area contributed by atoms with E-state index in [0.29, 0.717) is 34.1 Å². The summed E-state index contributed by atoms with van der Waals surface area (Å²) in [7, 11) is 0. The number of nitrogens with one attached hydrogen (secondary N) is 1. The molecule has 1 amide bonds. The van der Waals surface area contributed by atoms with Crippen LogP contribution < -0.4 is 5.32 Å². The van der Waals surface area contributed by atoms with E-state index in [1.165, 1.54) is 0 Å². The van der Waals surface area contributed by atoms with E-state index in [1.54, 1.807) is 42.7 Å². The van der Waals surface area contributed by atoms with Crippen LogP contribution in [0.5, 0.6) is 0 Å². The van der Waals surface area contributed by atoms with Gasteiger partial charge < -0.3 is 14.6 Å². The van der Waals surface area contributed by atoms with Crippen molar-refractivity contribution in [3.8, 4) is 0 Å². The van der Waals surface area contributed by atoms with Crippen molar-refractivity contribution in [3.05, 3.63) is 51.8 Å². The Morgan fingerprint density at radius 3 is 2.46 bits per heavy atom. The van der Waals surface area contributed by atoms with Gasteiger partial charge in [0.05, 0.1) is 22.9 Å². The molecule has 1 N–H and O–H groups in total. The molecule has 1 heterocycles. The molecule has 0 bridgehead atoms. The summed E-state index contributed by atoms with van der Waals surface area (Å²) in [6, 6.07) is 7.02. The summed E-state index contributed by atoms with van der Waals surface area (Å²) in [5.74, 6) is -0.715. The SMILES string of the molecule is CCOC(=O)c1c(C)c(C(=O)Nc2ccccc2Cl)c(C)n1CC. The van der Waals surface area contributed by atoms with Crippen molar-refractivity contribution in [1.29, 1.82) is 0 Å². The van der Waals surface area contributed by atoms with Gasteiger partial charge in [-0.3, -0.25) is 4.79 Å². The fourth-order valence-electron chi connectivity index (χ4n) is 2.83. The quantitative estimate of drug-likeness (QED) is 0.823. The molecule has 6 heteroatoms. The van der Waals surface area contributed by atoms with Gasteiger partial charge >= 0.3 is 5.97 Å². The van der Waals surface area contributed by atoms with Crippen LogP contribution in [0.15, 0.2) is 24.3 Å². The molecule has 2 aromatic rings. The van der Waals surface area contributed by atoms with Crippen LogP contribution in [0.25, 0.3) is 0 Å². The average molecular weight is 349 g/mol. The lowest BCUT2D eigenvalue weighted by Crippen LogP contribution is -2.14. The lowest BCUT2D eigenvalue weighted by Gasteiger charge is -2.09. The normalized spacial score (nSPS) is 10.5. The predicted molar refractivity (Wildman–Crippen MR) is 94.9 cm³/mol. The number of benzene rings is 1. The molecule has 0 unspecified atom stereocenters. The maximum absolute atomic E-state index is 12.7. The first-order valence-electron chi connectivity index (χ1n) is 7.85. The highest BCUT2D eigenvalue weighted by atomic mass is 35.5. The van der Waals surface area contributed by atoms with Crippen molar-refractivity contribution in [2.45, 2.75) is 34.2 Å². The van der Waals surface area contributed by atoms with Gasteiger partial charge in [0.15, 0.2) is 0 Å². The van der Waals surface area contributed by atoms with Gasteiger partial charge in [0.2, 0.25) is 0 Å². The van der Waals surface area contributed by atoms with Gasteiger partial charge in [-0.15, -0.1) is 0 Å². The van der Waals surface area contributed by atoms with Crippen LogP contribution in [-0.4, -0.2) is 23.1 Å². The smallest absolute Gasteiger partial charge is 0.355 e. The minimum Gasteiger partial charge on any atom is -0.461 e. The van der Waals surface area contributed by atoms with Crippen molar-refractivity contribution in [2.75, 3.05) is 11.9 Å². The number of carbonyl (C=O) groups is 2. The summed E-state index contributed by atoms with van der Waals surface area (Å²) in [4.78, 5) is 25.0. The Hall–Kier alpha value is -2.27. The zero-order valence-corrected chi connectivity index (χ0v) is 15.0. The first kappa shape index (κ1) is 18.1. The first-order chi connectivity index (χ1) is 11.4. The molecule has 5 nitrogen and oxygen atoms in total. The van der Waals surface area contributed by atoms with Gasteiger partial charge in [-0.25, -0.2) is 4.79 Å². The maximum atomic E-state index is 12.7. The van der Waals surface area contributed by atoms with E-state index < -0.39 is 5.97 Å². The molecule has 0 aliphatic rings. The number of anilines is 1. The standard InChI is InChI=1S/C18H21ClN2O3/c1-5-21-12(4)15(11(3)16(21)18(23)24-6-2)17(22)20-14-10-8-7-9-13(14)19/h7-10H,5-6H2,1-4H3,(H,20,22). The van der Waals surface area contributed by atoms with Crippen LogP contribution in [0.4, 0.5) is 5.69 Å². The lowest BCUT2D eigenvalue weighted by atomic mass is 10.1. The Morgan fingerprint density at radius 1 is 1.21 bits per heavy atom. The van der Waals surface area contributed by atoms with Gasteiger partial charge in [-0.1, -0.05) is 23.7 Å². The summed E-state index contributed by atoms with van der Waals surface area (Å²) >= 11 is 6.10. The van der Waals surface area contributed by atoms with E-state index >= 15 is 0 Å². The number of nitrogens with zero attached hydrogens (tertiary/aromatic N) is 1. The predicted octanol–water partition coefficient (Wildman–Crippen LogP) is 4.21. The number of carbonyl (C=O) groups excluding carboxylic acids is 2. The molecule has 1 aromatic heterocycles. The van der Waals surface area contributed by atoms with Gasteiger partial charge in [-0.05, 0) is 45.4 Å². The van der Waals surface area contributed by atoms with Crippen molar-refractivity contribution >= 4 is 29.2 Å². The van der Waals surface area contributed by atoms with E-state index in [-0.39, 0.29) is 12.5 Å². The van der Waals surface area contributed by atoms with Gasteiger partial charge in [-0.2, -0.15) is 0 Å². The zero-order chi connectivity index (χ0) is 17.9.